The van der Waals surface area contributed by atoms with Crippen molar-refractivity contribution in [3.05, 3.63) is 90.5 Å². The molecule has 0 bridgehead atoms. The molecule has 0 saturated heterocycles. The summed E-state index contributed by atoms with van der Waals surface area (Å²) in [7, 11) is 0. The van der Waals surface area contributed by atoms with Crippen molar-refractivity contribution in [3.8, 4) is 11.4 Å². The fourth-order valence-corrected chi connectivity index (χ4v) is 4.43. The van der Waals surface area contributed by atoms with Crippen molar-refractivity contribution in [2.45, 2.75) is 24.0 Å². The highest BCUT2D eigenvalue weighted by molar-refractivity contribution is 7.98. The first kappa shape index (κ1) is 20.3. The molecular weight excluding hydrogens is 430 g/mol. The molecule has 0 fully saturated rings. The van der Waals surface area contributed by atoms with Crippen LogP contribution < -0.4 is 0 Å². The number of alkyl halides is 2. The van der Waals surface area contributed by atoms with Gasteiger partial charge in [-0.05, 0) is 29.8 Å². The molecule has 0 aliphatic rings. The summed E-state index contributed by atoms with van der Waals surface area (Å²) in [4.78, 5) is 8.49. The molecule has 6 nitrogen and oxygen atoms in total. The third-order valence-corrected chi connectivity index (χ3v) is 6.00. The van der Waals surface area contributed by atoms with Crippen LogP contribution in [0.15, 0.2) is 84.3 Å². The Kier molecular flexibility index (Phi) is 5.64. The third-order valence-electron chi connectivity index (χ3n) is 5.03. The Morgan fingerprint density at radius 3 is 2.41 bits per heavy atom. The van der Waals surface area contributed by atoms with Gasteiger partial charge in [0.1, 0.15) is 5.82 Å². The summed E-state index contributed by atoms with van der Waals surface area (Å²) in [6.45, 7) is -2.12. The topological polar surface area (TPSA) is 61.4 Å². The van der Waals surface area contributed by atoms with E-state index in [4.69, 9.17) is 0 Å². The Morgan fingerprint density at radius 2 is 1.62 bits per heavy atom. The molecule has 2 aromatic carbocycles. The monoisotopic (exact) mass is 448 g/mol. The Morgan fingerprint density at radius 1 is 0.875 bits per heavy atom. The second-order valence-electron chi connectivity index (χ2n) is 7.07. The van der Waals surface area contributed by atoms with Gasteiger partial charge in [0.05, 0.1) is 23.3 Å². The molecule has 0 spiro atoms. The van der Waals surface area contributed by atoms with Gasteiger partial charge in [-0.1, -0.05) is 54.2 Å². The summed E-state index contributed by atoms with van der Waals surface area (Å²) in [5.74, 6) is 1.23. The van der Waals surface area contributed by atoms with Gasteiger partial charge in [-0.2, -0.15) is 8.78 Å². The van der Waals surface area contributed by atoms with Crippen LogP contribution in [0.2, 0.25) is 0 Å². The second kappa shape index (κ2) is 8.88. The van der Waals surface area contributed by atoms with Crippen molar-refractivity contribution in [2.75, 3.05) is 0 Å². The average molecular weight is 449 g/mol. The number of imidazole rings is 1. The lowest BCUT2D eigenvalue weighted by Crippen LogP contribution is -2.06. The molecule has 0 unspecified atom stereocenters. The maximum absolute atomic E-state index is 13.8. The normalized spacial score (nSPS) is 11.5. The van der Waals surface area contributed by atoms with Crippen LogP contribution in [-0.4, -0.2) is 29.3 Å². The van der Waals surface area contributed by atoms with E-state index in [0.717, 1.165) is 15.7 Å². The van der Waals surface area contributed by atoms with Gasteiger partial charge in [0.15, 0.2) is 11.0 Å². The van der Waals surface area contributed by atoms with Crippen molar-refractivity contribution < 1.29 is 8.78 Å². The van der Waals surface area contributed by atoms with E-state index in [2.05, 4.69) is 20.2 Å². The highest BCUT2D eigenvalue weighted by Gasteiger charge is 2.20. The fourth-order valence-electron chi connectivity index (χ4n) is 3.56. The summed E-state index contributed by atoms with van der Waals surface area (Å²) in [5.41, 5.74) is 2.94. The van der Waals surface area contributed by atoms with Crippen LogP contribution in [-0.2, 0) is 12.3 Å². The van der Waals surface area contributed by atoms with E-state index >= 15 is 0 Å². The van der Waals surface area contributed by atoms with Gasteiger partial charge in [0.2, 0.25) is 0 Å². The van der Waals surface area contributed by atoms with Crippen LogP contribution in [0.3, 0.4) is 0 Å². The largest absolute Gasteiger partial charge is 0.320 e. The zero-order valence-electron chi connectivity index (χ0n) is 16.8. The Bertz CT molecular complexity index is 1330. The number of benzene rings is 2. The maximum Gasteiger partial charge on any atom is 0.320 e. The Hall–Kier alpha value is -3.59. The predicted molar refractivity (Wildman–Crippen MR) is 119 cm³/mol. The number of fused-ring (bicyclic) bond motifs is 1. The van der Waals surface area contributed by atoms with Crippen molar-refractivity contribution in [1.29, 1.82) is 0 Å². The third kappa shape index (κ3) is 3.99. The molecule has 32 heavy (non-hydrogen) atoms. The SMILES string of the molecule is FC(F)n1c(CSc2nnc(-c3ccncc3)n2Cc2ccccc2)nc2ccccc21. The first-order valence-corrected chi connectivity index (χ1v) is 10.9. The summed E-state index contributed by atoms with van der Waals surface area (Å²) in [6, 6.07) is 20.6. The number of thioether (sulfide) groups is 1. The number of hydrogen-bond acceptors (Lipinski definition) is 5. The molecule has 3 heterocycles. The van der Waals surface area contributed by atoms with Crippen LogP contribution >= 0.6 is 11.8 Å². The summed E-state index contributed by atoms with van der Waals surface area (Å²) < 4.78 is 30.5. The number of rotatable bonds is 7. The van der Waals surface area contributed by atoms with Crippen LogP contribution in [0.4, 0.5) is 8.78 Å². The highest BCUT2D eigenvalue weighted by atomic mass is 32.2. The van der Waals surface area contributed by atoms with E-state index in [-0.39, 0.29) is 5.75 Å². The van der Waals surface area contributed by atoms with E-state index in [1.807, 2.05) is 47.0 Å². The molecule has 0 radical (unpaired) electrons. The number of aromatic nitrogens is 6. The van der Waals surface area contributed by atoms with Gasteiger partial charge in [0, 0.05) is 18.0 Å². The van der Waals surface area contributed by atoms with Crippen molar-refractivity contribution >= 4 is 22.8 Å². The Labute approximate surface area is 187 Å². The molecule has 5 rings (SSSR count). The van der Waals surface area contributed by atoms with E-state index in [1.165, 1.54) is 11.8 Å². The molecule has 160 valence electrons. The first-order chi connectivity index (χ1) is 15.7. The number of para-hydroxylation sites is 2. The molecule has 0 atom stereocenters. The van der Waals surface area contributed by atoms with Crippen LogP contribution in [0.5, 0.6) is 0 Å². The molecular formula is C23H18F2N6S. The standard InChI is InChI=1S/C23H18F2N6S/c24-22(25)31-19-9-5-4-8-18(19)27-20(31)15-32-23-29-28-21(17-10-12-26-13-11-17)30(23)14-16-6-2-1-3-7-16/h1-13,22H,14-15H2. The lowest BCUT2D eigenvalue weighted by atomic mass is 10.2. The van der Waals surface area contributed by atoms with E-state index in [9.17, 15) is 8.78 Å². The van der Waals surface area contributed by atoms with Crippen LogP contribution in [0.1, 0.15) is 17.9 Å². The average Bonchev–Trinajstić information content (AvgIpc) is 3.40. The predicted octanol–water partition coefficient (Wildman–Crippen LogP) is 5.43. The fraction of sp³-hybridized carbons (Fsp3) is 0.130. The molecule has 3 aromatic heterocycles. The molecule has 0 amide bonds. The molecule has 9 heteroatoms. The smallest absolute Gasteiger partial charge is 0.298 e. The van der Waals surface area contributed by atoms with E-state index in [1.54, 1.807) is 36.7 Å². The van der Waals surface area contributed by atoms with Crippen molar-refractivity contribution in [2.24, 2.45) is 0 Å². The van der Waals surface area contributed by atoms with E-state index in [0.29, 0.717) is 34.4 Å². The van der Waals surface area contributed by atoms with Gasteiger partial charge in [-0.15, -0.1) is 10.2 Å². The molecule has 0 N–H and O–H groups in total. The highest BCUT2D eigenvalue weighted by Crippen LogP contribution is 2.30. The van der Waals surface area contributed by atoms with Crippen LogP contribution in [0.25, 0.3) is 22.4 Å². The van der Waals surface area contributed by atoms with Gasteiger partial charge in [0.25, 0.3) is 0 Å². The van der Waals surface area contributed by atoms with Gasteiger partial charge in [-0.25, -0.2) is 4.98 Å². The maximum atomic E-state index is 13.8. The number of halogens is 2. The zero-order valence-corrected chi connectivity index (χ0v) is 17.7. The second-order valence-corrected chi connectivity index (χ2v) is 8.01. The number of pyridine rings is 1. The minimum Gasteiger partial charge on any atom is -0.298 e. The zero-order chi connectivity index (χ0) is 21.9. The Balaban J connectivity index is 1.50. The van der Waals surface area contributed by atoms with E-state index < -0.39 is 6.55 Å². The van der Waals surface area contributed by atoms with Gasteiger partial charge < -0.3 is 0 Å². The van der Waals surface area contributed by atoms with Gasteiger partial charge >= 0.3 is 6.55 Å². The van der Waals surface area contributed by atoms with Crippen molar-refractivity contribution in [1.82, 2.24) is 29.3 Å². The quantitative estimate of drug-likeness (QED) is 0.311. The molecule has 0 aliphatic carbocycles. The molecule has 0 aliphatic heterocycles. The van der Waals surface area contributed by atoms with Gasteiger partial charge in [-0.3, -0.25) is 14.1 Å². The lowest BCUT2D eigenvalue weighted by Gasteiger charge is -2.11. The summed E-state index contributed by atoms with van der Waals surface area (Å²) in [5, 5.41) is 9.38. The number of hydrogen-bond donors (Lipinski definition) is 0. The number of nitrogens with zero attached hydrogens (tertiary/aromatic N) is 6. The minimum atomic E-state index is -2.67. The summed E-state index contributed by atoms with van der Waals surface area (Å²) >= 11 is 1.34. The van der Waals surface area contributed by atoms with Crippen LogP contribution in [0, 0.1) is 0 Å². The molecule has 0 saturated carbocycles. The first-order valence-electron chi connectivity index (χ1n) is 9.95. The molecule has 5 aromatic rings. The van der Waals surface area contributed by atoms with Crippen molar-refractivity contribution in [3.63, 3.8) is 0 Å². The minimum absolute atomic E-state index is 0.238. The lowest BCUT2D eigenvalue weighted by molar-refractivity contribution is 0.0722. The summed E-state index contributed by atoms with van der Waals surface area (Å²) in [6.07, 6.45) is 3.41.